The number of H-pyrrole nitrogens is 1. The number of fused-ring (bicyclic) bond motifs is 1. The fraction of sp³-hybridized carbons (Fsp3) is 0.480. The highest BCUT2D eigenvalue weighted by atomic mass is 16.5. The summed E-state index contributed by atoms with van der Waals surface area (Å²) in [4.78, 5) is 10.7. The molecule has 1 fully saturated rings. The van der Waals surface area contributed by atoms with Gasteiger partial charge in [-0.05, 0) is 43.0 Å². The Bertz CT molecular complexity index is 974. The topological polar surface area (TPSA) is 77.8 Å². The Hall–Kier alpha value is -2.77. The number of benzene rings is 1. The number of aryl methyl sites for hydroxylation is 1. The van der Waals surface area contributed by atoms with Gasteiger partial charge in [0.15, 0.2) is 5.96 Å². The molecule has 172 valence electrons. The monoisotopic (exact) mass is 437 g/mol. The van der Waals surface area contributed by atoms with Gasteiger partial charge in [0.1, 0.15) is 5.76 Å². The van der Waals surface area contributed by atoms with Gasteiger partial charge in [0.05, 0.1) is 19.5 Å². The Kier molecular flexibility index (Phi) is 8.23. The van der Waals surface area contributed by atoms with Gasteiger partial charge in [-0.3, -0.25) is 9.89 Å². The number of nitrogens with one attached hydrogen (secondary N) is 3. The van der Waals surface area contributed by atoms with Gasteiger partial charge in [-0.15, -0.1) is 0 Å². The van der Waals surface area contributed by atoms with Crippen LogP contribution in [0.25, 0.3) is 10.9 Å². The van der Waals surface area contributed by atoms with Crippen molar-refractivity contribution in [1.82, 2.24) is 20.5 Å². The highest BCUT2D eigenvalue weighted by Crippen LogP contribution is 2.21. The number of hydrogen-bond donors (Lipinski definition) is 3. The van der Waals surface area contributed by atoms with Crippen molar-refractivity contribution < 1.29 is 9.15 Å². The first kappa shape index (κ1) is 22.4. The number of guanidine groups is 1. The predicted molar refractivity (Wildman–Crippen MR) is 129 cm³/mol. The van der Waals surface area contributed by atoms with Gasteiger partial charge in [0.25, 0.3) is 0 Å². The standard InChI is InChI=1S/C25H35N5O2/c1-20-5-2-7-23-21(19-29-24(20)23)8-11-27-25(28-12-9-22-6-3-16-32-22)26-10-4-13-30-14-17-31-18-15-30/h2-3,5-7,16,19,29H,4,8-15,17-18H2,1H3,(H2,26,27,28). The molecule has 0 aliphatic carbocycles. The molecule has 0 spiro atoms. The molecule has 0 amide bonds. The lowest BCUT2D eigenvalue weighted by Gasteiger charge is -2.26. The number of aromatic nitrogens is 1. The van der Waals surface area contributed by atoms with Gasteiger partial charge < -0.3 is 24.8 Å². The zero-order valence-corrected chi connectivity index (χ0v) is 19.0. The molecular formula is C25H35N5O2. The molecule has 7 heteroatoms. The Morgan fingerprint density at radius 2 is 1.94 bits per heavy atom. The number of rotatable bonds is 10. The molecule has 1 aliphatic rings. The molecule has 2 aromatic heterocycles. The summed E-state index contributed by atoms with van der Waals surface area (Å²) in [7, 11) is 0. The summed E-state index contributed by atoms with van der Waals surface area (Å²) < 4.78 is 10.9. The summed E-state index contributed by atoms with van der Waals surface area (Å²) in [6.07, 6.45) is 6.67. The number of morpholine rings is 1. The number of ether oxygens (including phenoxy) is 1. The van der Waals surface area contributed by atoms with Crippen molar-refractivity contribution in [3.05, 3.63) is 59.7 Å². The van der Waals surface area contributed by atoms with E-state index in [2.05, 4.69) is 51.8 Å². The number of nitrogens with zero attached hydrogens (tertiary/aromatic N) is 2. The second-order valence-electron chi connectivity index (χ2n) is 8.28. The van der Waals surface area contributed by atoms with Gasteiger partial charge in [0.2, 0.25) is 0 Å². The minimum absolute atomic E-state index is 0.787. The Morgan fingerprint density at radius 3 is 2.75 bits per heavy atom. The zero-order valence-electron chi connectivity index (χ0n) is 19.0. The maximum atomic E-state index is 5.44. The van der Waals surface area contributed by atoms with E-state index in [1.165, 1.54) is 22.0 Å². The number of hydrogen-bond acceptors (Lipinski definition) is 4. The highest BCUT2D eigenvalue weighted by molar-refractivity contribution is 5.86. The van der Waals surface area contributed by atoms with E-state index in [1.807, 2.05) is 12.1 Å². The third-order valence-electron chi connectivity index (χ3n) is 5.95. The zero-order chi connectivity index (χ0) is 22.0. The van der Waals surface area contributed by atoms with Crippen molar-refractivity contribution in [2.75, 3.05) is 52.5 Å². The first-order chi connectivity index (χ1) is 15.8. The summed E-state index contributed by atoms with van der Waals surface area (Å²) in [6.45, 7) is 9.38. The minimum Gasteiger partial charge on any atom is -0.469 e. The smallest absolute Gasteiger partial charge is 0.191 e. The summed E-state index contributed by atoms with van der Waals surface area (Å²) in [5.41, 5.74) is 3.85. The van der Waals surface area contributed by atoms with Crippen LogP contribution in [0, 0.1) is 6.92 Å². The summed E-state index contributed by atoms with van der Waals surface area (Å²) in [5.74, 6) is 1.85. The number of aliphatic imine (C=N–C) groups is 1. The van der Waals surface area contributed by atoms with Crippen LogP contribution >= 0.6 is 0 Å². The van der Waals surface area contributed by atoms with E-state index < -0.39 is 0 Å². The number of para-hydroxylation sites is 1. The van der Waals surface area contributed by atoms with Gasteiger partial charge in [-0.1, -0.05) is 18.2 Å². The molecule has 3 N–H and O–H groups in total. The highest BCUT2D eigenvalue weighted by Gasteiger charge is 2.09. The predicted octanol–water partition coefficient (Wildman–Crippen LogP) is 3.11. The van der Waals surface area contributed by atoms with E-state index in [-0.39, 0.29) is 0 Å². The third-order valence-corrected chi connectivity index (χ3v) is 5.95. The van der Waals surface area contributed by atoms with Gasteiger partial charge in [-0.25, -0.2) is 0 Å². The van der Waals surface area contributed by atoms with Crippen LogP contribution in [0.3, 0.4) is 0 Å². The van der Waals surface area contributed by atoms with E-state index in [9.17, 15) is 0 Å². The fourth-order valence-electron chi connectivity index (χ4n) is 4.13. The molecule has 0 saturated carbocycles. The van der Waals surface area contributed by atoms with Crippen LogP contribution in [-0.2, 0) is 17.6 Å². The third kappa shape index (κ3) is 6.37. The van der Waals surface area contributed by atoms with Crippen molar-refractivity contribution in [3.63, 3.8) is 0 Å². The van der Waals surface area contributed by atoms with Gasteiger partial charge in [0, 0.05) is 62.8 Å². The first-order valence-electron chi connectivity index (χ1n) is 11.7. The van der Waals surface area contributed by atoms with Crippen molar-refractivity contribution in [2.24, 2.45) is 4.99 Å². The van der Waals surface area contributed by atoms with E-state index in [4.69, 9.17) is 14.1 Å². The maximum Gasteiger partial charge on any atom is 0.191 e. The molecule has 0 radical (unpaired) electrons. The summed E-state index contributed by atoms with van der Waals surface area (Å²) in [6, 6.07) is 10.4. The van der Waals surface area contributed by atoms with Crippen LogP contribution in [0.5, 0.6) is 0 Å². The molecular weight excluding hydrogens is 402 g/mol. The average molecular weight is 438 g/mol. The summed E-state index contributed by atoms with van der Waals surface area (Å²) >= 11 is 0. The number of aromatic amines is 1. The van der Waals surface area contributed by atoms with Gasteiger partial charge in [-0.2, -0.15) is 0 Å². The molecule has 0 unspecified atom stereocenters. The molecule has 0 bridgehead atoms. The molecule has 0 atom stereocenters. The van der Waals surface area contributed by atoms with Crippen molar-refractivity contribution in [1.29, 1.82) is 0 Å². The van der Waals surface area contributed by atoms with Crippen LogP contribution in [-0.4, -0.2) is 68.3 Å². The lowest BCUT2D eigenvalue weighted by molar-refractivity contribution is 0.0377. The maximum absolute atomic E-state index is 5.44. The summed E-state index contributed by atoms with van der Waals surface area (Å²) in [5, 5.41) is 8.28. The van der Waals surface area contributed by atoms with E-state index in [1.54, 1.807) is 6.26 Å². The van der Waals surface area contributed by atoms with E-state index in [0.717, 1.165) is 83.5 Å². The lowest BCUT2D eigenvalue weighted by atomic mass is 10.1. The fourth-order valence-corrected chi connectivity index (χ4v) is 4.13. The van der Waals surface area contributed by atoms with E-state index >= 15 is 0 Å². The second kappa shape index (κ2) is 11.7. The molecule has 7 nitrogen and oxygen atoms in total. The largest absolute Gasteiger partial charge is 0.469 e. The minimum atomic E-state index is 0.787. The van der Waals surface area contributed by atoms with Crippen molar-refractivity contribution >= 4 is 16.9 Å². The lowest BCUT2D eigenvalue weighted by Crippen LogP contribution is -2.40. The normalized spacial score (nSPS) is 15.3. The Labute approximate surface area is 190 Å². The number of furan rings is 1. The quantitative estimate of drug-likeness (QED) is 0.258. The van der Waals surface area contributed by atoms with Crippen LogP contribution < -0.4 is 10.6 Å². The van der Waals surface area contributed by atoms with Crippen LogP contribution in [0.1, 0.15) is 23.3 Å². The first-order valence-corrected chi connectivity index (χ1v) is 11.7. The van der Waals surface area contributed by atoms with E-state index in [0.29, 0.717) is 0 Å². The van der Waals surface area contributed by atoms with Crippen molar-refractivity contribution in [2.45, 2.75) is 26.2 Å². The van der Waals surface area contributed by atoms with Crippen LogP contribution in [0.2, 0.25) is 0 Å². The molecule has 32 heavy (non-hydrogen) atoms. The van der Waals surface area contributed by atoms with Crippen LogP contribution in [0.15, 0.2) is 52.2 Å². The van der Waals surface area contributed by atoms with Crippen LogP contribution in [0.4, 0.5) is 0 Å². The Balaban J connectivity index is 1.28. The molecule has 1 aromatic carbocycles. The SMILES string of the molecule is Cc1cccc2c(CCNC(=NCCCN3CCOCC3)NCCc3ccco3)c[nH]c12. The average Bonchev–Trinajstić information content (AvgIpc) is 3.48. The molecule has 3 heterocycles. The van der Waals surface area contributed by atoms with Gasteiger partial charge >= 0.3 is 0 Å². The second-order valence-corrected chi connectivity index (χ2v) is 8.28. The van der Waals surface area contributed by atoms with Crippen molar-refractivity contribution in [3.8, 4) is 0 Å². The molecule has 4 rings (SSSR count). The Morgan fingerprint density at radius 1 is 1.09 bits per heavy atom. The molecule has 1 aliphatic heterocycles. The molecule has 1 saturated heterocycles. The molecule has 3 aromatic rings.